The number of nitrogens with one attached hydrogen (secondary N) is 1. The Hall–Kier alpha value is -1.06. The molecule has 0 aliphatic carbocycles. The number of hydrogen-bond acceptors (Lipinski definition) is 3. The molecule has 0 aliphatic rings. The molecule has 1 rings (SSSR count). The van der Waals surface area contributed by atoms with E-state index in [0.717, 1.165) is 31.7 Å². The van der Waals surface area contributed by atoms with Crippen molar-refractivity contribution in [3.8, 4) is 5.75 Å². The van der Waals surface area contributed by atoms with Crippen LogP contribution in [0, 0.1) is 13.8 Å². The topological polar surface area (TPSA) is 47.3 Å². The third-order valence-electron chi connectivity index (χ3n) is 3.56. The number of rotatable bonds is 7. The molecule has 0 aliphatic heterocycles. The summed E-state index contributed by atoms with van der Waals surface area (Å²) >= 11 is 0. The first-order chi connectivity index (χ1) is 8.85. The molecule has 0 amide bonds. The highest BCUT2D eigenvalue weighted by Crippen LogP contribution is 2.23. The van der Waals surface area contributed by atoms with Crippen molar-refractivity contribution in [1.29, 1.82) is 0 Å². The van der Waals surface area contributed by atoms with Gasteiger partial charge in [0.25, 0.3) is 0 Å². The highest BCUT2D eigenvalue weighted by molar-refractivity contribution is 5.43. The molecule has 3 nitrogen and oxygen atoms in total. The third kappa shape index (κ3) is 5.21. The number of ether oxygens (including phenoxy) is 1. The highest BCUT2D eigenvalue weighted by atomic mass is 16.5. The summed E-state index contributed by atoms with van der Waals surface area (Å²) < 4.78 is 5.33. The van der Waals surface area contributed by atoms with Crippen molar-refractivity contribution in [3.63, 3.8) is 0 Å². The zero-order valence-corrected chi connectivity index (χ0v) is 13.0. The van der Waals surface area contributed by atoms with Crippen molar-refractivity contribution >= 4 is 0 Å². The van der Waals surface area contributed by atoms with Crippen LogP contribution in [0.2, 0.25) is 0 Å². The fourth-order valence-electron chi connectivity index (χ4n) is 2.16. The molecular formula is C16H28N2O. The van der Waals surface area contributed by atoms with Crippen LogP contribution in [-0.4, -0.2) is 19.2 Å². The Morgan fingerprint density at radius 2 is 1.89 bits per heavy atom. The summed E-state index contributed by atoms with van der Waals surface area (Å²) in [5.41, 5.74) is 9.78. The summed E-state index contributed by atoms with van der Waals surface area (Å²) in [5.74, 6) is 0.964. The maximum Gasteiger partial charge on any atom is 0.122 e. The van der Waals surface area contributed by atoms with Gasteiger partial charge in [-0.05, 0) is 69.8 Å². The summed E-state index contributed by atoms with van der Waals surface area (Å²) in [6, 6.07) is 4.18. The van der Waals surface area contributed by atoms with E-state index in [2.05, 4.69) is 39.1 Å². The van der Waals surface area contributed by atoms with Crippen molar-refractivity contribution < 1.29 is 4.74 Å². The van der Waals surface area contributed by atoms with Crippen molar-refractivity contribution in [2.24, 2.45) is 5.73 Å². The number of benzene rings is 1. The van der Waals surface area contributed by atoms with E-state index >= 15 is 0 Å². The molecule has 0 spiro atoms. The largest absolute Gasteiger partial charge is 0.496 e. The molecule has 19 heavy (non-hydrogen) atoms. The van der Waals surface area contributed by atoms with Crippen LogP contribution in [-0.2, 0) is 6.54 Å². The molecule has 0 fully saturated rings. The number of nitrogens with two attached hydrogens (primary N) is 1. The van der Waals surface area contributed by atoms with Gasteiger partial charge >= 0.3 is 0 Å². The Kier molecular flexibility index (Phi) is 5.83. The summed E-state index contributed by atoms with van der Waals surface area (Å²) in [7, 11) is 1.72. The van der Waals surface area contributed by atoms with Gasteiger partial charge in [-0.1, -0.05) is 6.07 Å². The second kappa shape index (κ2) is 6.92. The van der Waals surface area contributed by atoms with Crippen LogP contribution < -0.4 is 15.8 Å². The van der Waals surface area contributed by atoms with Gasteiger partial charge in [0.2, 0.25) is 0 Å². The minimum absolute atomic E-state index is 0.0612. The smallest absolute Gasteiger partial charge is 0.122 e. The lowest BCUT2D eigenvalue weighted by Gasteiger charge is -2.18. The average molecular weight is 264 g/mol. The Morgan fingerprint density at radius 3 is 2.47 bits per heavy atom. The molecule has 0 heterocycles. The first kappa shape index (κ1) is 16.0. The van der Waals surface area contributed by atoms with E-state index in [9.17, 15) is 0 Å². The molecule has 0 bridgehead atoms. The lowest BCUT2D eigenvalue weighted by molar-refractivity contribution is 0.411. The van der Waals surface area contributed by atoms with Crippen LogP contribution >= 0.6 is 0 Å². The van der Waals surface area contributed by atoms with E-state index in [1.54, 1.807) is 7.11 Å². The van der Waals surface area contributed by atoms with Gasteiger partial charge in [0, 0.05) is 12.1 Å². The van der Waals surface area contributed by atoms with E-state index < -0.39 is 0 Å². The quantitative estimate of drug-likeness (QED) is 0.744. The molecule has 0 saturated heterocycles. The van der Waals surface area contributed by atoms with E-state index in [4.69, 9.17) is 10.5 Å². The Labute approximate surface area is 117 Å². The monoisotopic (exact) mass is 264 g/mol. The lowest BCUT2D eigenvalue weighted by Crippen LogP contribution is -2.32. The first-order valence-electron chi connectivity index (χ1n) is 6.98. The Bertz CT molecular complexity index is 408. The maximum absolute atomic E-state index is 5.96. The summed E-state index contributed by atoms with van der Waals surface area (Å²) in [5, 5.41) is 3.48. The van der Waals surface area contributed by atoms with Gasteiger partial charge in [0.05, 0.1) is 7.11 Å². The van der Waals surface area contributed by atoms with Gasteiger partial charge in [0.15, 0.2) is 0 Å². The van der Waals surface area contributed by atoms with Gasteiger partial charge < -0.3 is 15.8 Å². The van der Waals surface area contributed by atoms with Crippen molar-refractivity contribution in [3.05, 3.63) is 28.8 Å². The minimum Gasteiger partial charge on any atom is -0.496 e. The van der Waals surface area contributed by atoms with Gasteiger partial charge in [-0.3, -0.25) is 0 Å². The van der Waals surface area contributed by atoms with Crippen LogP contribution in [0.15, 0.2) is 12.1 Å². The van der Waals surface area contributed by atoms with Gasteiger partial charge in [-0.25, -0.2) is 0 Å². The van der Waals surface area contributed by atoms with Crippen LogP contribution in [0.5, 0.6) is 5.75 Å². The minimum atomic E-state index is -0.0612. The molecule has 1 aromatic rings. The first-order valence-corrected chi connectivity index (χ1v) is 6.98. The predicted molar refractivity (Wildman–Crippen MR) is 81.7 cm³/mol. The van der Waals surface area contributed by atoms with Crippen molar-refractivity contribution in [2.45, 2.75) is 52.6 Å². The fraction of sp³-hybridized carbons (Fsp3) is 0.625. The third-order valence-corrected chi connectivity index (χ3v) is 3.56. The molecule has 0 unspecified atom stereocenters. The highest BCUT2D eigenvalue weighted by Gasteiger charge is 2.09. The second-order valence-electron chi connectivity index (χ2n) is 5.95. The van der Waals surface area contributed by atoms with E-state index in [0.29, 0.717) is 0 Å². The molecule has 3 heteroatoms. The average Bonchev–Trinajstić information content (AvgIpc) is 2.33. The zero-order valence-electron chi connectivity index (χ0n) is 13.0. The van der Waals surface area contributed by atoms with Gasteiger partial charge in [0.1, 0.15) is 5.75 Å². The van der Waals surface area contributed by atoms with E-state index in [1.807, 2.05) is 6.07 Å². The SMILES string of the molecule is COc1ccc(CNCCCC(C)(C)N)c(C)c1C. The van der Waals surface area contributed by atoms with Gasteiger partial charge in [-0.2, -0.15) is 0 Å². The lowest BCUT2D eigenvalue weighted by atomic mass is 10.00. The normalized spacial score (nSPS) is 11.7. The molecule has 108 valence electrons. The summed E-state index contributed by atoms with van der Waals surface area (Å²) in [4.78, 5) is 0. The molecule has 0 saturated carbocycles. The zero-order chi connectivity index (χ0) is 14.5. The molecule has 1 aromatic carbocycles. The maximum atomic E-state index is 5.96. The van der Waals surface area contributed by atoms with Crippen LogP contribution in [0.1, 0.15) is 43.4 Å². The van der Waals surface area contributed by atoms with Crippen LogP contribution in [0.4, 0.5) is 0 Å². The number of methoxy groups -OCH3 is 1. The Balaban J connectivity index is 2.44. The second-order valence-corrected chi connectivity index (χ2v) is 5.95. The molecule has 3 N–H and O–H groups in total. The van der Waals surface area contributed by atoms with E-state index in [1.165, 1.54) is 16.7 Å². The van der Waals surface area contributed by atoms with E-state index in [-0.39, 0.29) is 5.54 Å². The van der Waals surface area contributed by atoms with Crippen molar-refractivity contribution in [2.75, 3.05) is 13.7 Å². The molecule has 0 aromatic heterocycles. The van der Waals surface area contributed by atoms with Crippen LogP contribution in [0.3, 0.4) is 0 Å². The predicted octanol–water partition coefficient (Wildman–Crippen LogP) is 2.92. The molecule has 0 atom stereocenters. The summed E-state index contributed by atoms with van der Waals surface area (Å²) in [6.07, 6.45) is 2.15. The van der Waals surface area contributed by atoms with Crippen molar-refractivity contribution in [1.82, 2.24) is 5.32 Å². The summed E-state index contributed by atoms with van der Waals surface area (Å²) in [6.45, 7) is 10.3. The molecule has 0 radical (unpaired) electrons. The standard InChI is InChI=1S/C16H28N2O/c1-12-13(2)15(19-5)8-7-14(12)11-18-10-6-9-16(3,4)17/h7-8,18H,6,9-11,17H2,1-5H3. The van der Waals surface area contributed by atoms with Gasteiger partial charge in [-0.15, -0.1) is 0 Å². The molecular weight excluding hydrogens is 236 g/mol. The van der Waals surface area contributed by atoms with Crippen LogP contribution in [0.25, 0.3) is 0 Å². The Morgan fingerprint density at radius 1 is 1.21 bits per heavy atom. The number of hydrogen-bond donors (Lipinski definition) is 2. The fourth-order valence-corrected chi connectivity index (χ4v) is 2.16.